The third kappa shape index (κ3) is 5.99. The van der Waals surface area contributed by atoms with Gasteiger partial charge in [-0.25, -0.2) is 19.6 Å². The summed E-state index contributed by atoms with van der Waals surface area (Å²) in [6, 6.07) is -1.45. The number of aromatic nitrogens is 4. The Morgan fingerprint density at radius 1 is 1.29 bits per heavy atom. The second-order valence-corrected chi connectivity index (χ2v) is 9.84. The number of aliphatic carboxylic acids is 1. The van der Waals surface area contributed by atoms with Crippen LogP contribution in [-0.2, 0) is 25.3 Å². The minimum absolute atomic E-state index is 0.276. The number of carbonyl (C=O) groups is 1. The second kappa shape index (κ2) is 10.2. The standard InChI is InChI=1S/C18H30N7O5P/c1-11(2)23-30-31(28,25(12(3)4)14(6)18(26)27)10-29-13(5)7-24-9-22-15-16(19)20-8-21-17(15)24/h8-9,12-14H,7,10H2,1-6H3,(H,26,27)(H2,19,20,21)/t13-,14-,31?/m0/s1. The molecule has 13 heteroatoms. The summed E-state index contributed by atoms with van der Waals surface area (Å²) in [6.07, 6.45) is 2.15. The van der Waals surface area contributed by atoms with Crippen molar-refractivity contribution < 1.29 is 23.8 Å². The molecule has 172 valence electrons. The van der Waals surface area contributed by atoms with Crippen molar-refractivity contribution in [1.82, 2.24) is 24.2 Å². The maximum atomic E-state index is 13.7. The van der Waals surface area contributed by atoms with Crippen molar-refractivity contribution in [1.29, 1.82) is 0 Å². The van der Waals surface area contributed by atoms with E-state index in [9.17, 15) is 14.5 Å². The molecule has 12 nitrogen and oxygen atoms in total. The first-order chi connectivity index (χ1) is 14.5. The van der Waals surface area contributed by atoms with Crippen molar-refractivity contribution in [3.05, 3.63) is 12.7 Å². The van der Waals surface area contributed by atoms with E-state index in [1.54, 1.807) is 45.5 Å². The SMILES string of the molecule is CC(C)=NOP(=O)(CO[C@@H](C)Cn1cnc2c(N)ncnc21)N(C(C)C)[C@@H](C)C(=O)O. The smallest absolute Gasteiger partial charge is 0.367 e. The molecule has 0 aliphatic heterocycles. The van der Waals surface area contributed by atoms with E-state index in [2.05, 4.69) is 20.1 Å². The van der Waals surface area contributed by atoms with Crippen LogP contribution < -0.4 is 5.73 Å². The average molecular weight is 455 g/mol. The van der Waals surface area contributed by atoms with Gasteiger partial charge in [-0.2, -0.15) is 0 Å². The fraction of sp³-hybridized carbons (Fsp3) is 0.611. The molecule has 3 N–H and O–H groups in total. The highest BCUT2D eigenvalue weighted by atomic mass is 31.2. The molecule has 0 fully saturated rings. The number of hydrogen-bond donors (Lipinski definition) is 2. The lowest BCUT2D eigenvalue weighted by molar-refractivity contribution is -0.141. The molecule has 2 aromatic rings. The van der Waals surface area contributed by atoms with Crippen molar-refractivity contribution in [3.8, 4) is 0 Å². The Labute approximate surface area is 180 Å². The molecule has 31 heavy (non-hydrogen) atoms. The highest BCUT2D eigenvalue weighted by molar-refractivity contribution is 7.56. The third-order valence-corrected chi connectivity index (χ3v) is 6.72. The van der Waals surface area contributed by atoms with E-state index >= 15 is 0 Å². The molecule has 0 saturated heterocycles. The van der Waals surface area contributed by atoms with Crippen molar-refractivity contribution >= 4 is 36.2 Å². The zero-order valence-corrected chi connectivity index (χ0v) is 19.5. The maximum absolute atomic E-state index is 13.7. The second-order valence-electron chi connectivity index (χ2n) is 7.68. The van der Waals surface area contributed by atoms with Crippen molar-refractivity contribution in [2.75, 3.05) is 12.1 Å². The van der Waals surface area contributed by atoms with Crippen LogP contribution in [0, 0.1) is 0 Å². The number of anilines is 1. The minimum Gasteiger partial charge on any atom is -0.480 e. The molecule has 2 aromatic heterocycles. The fourth-order valence-electron chi connectivity index (χ4n) is 3.04. The van der Waals surface area contributed by atoms with Gasteiger partial charge >= 0.3 is 13.5 Å². The molecule has 0 bridgehead atoms. The number of ether oxygens (including phenoxy) is 1. The number of nitrogens with zero attached hydrogens (tertiary/aromatic N) is 6. The topological polar surface area (TPSA) is 158 Å². The van der Waals surface area contributed by atoms with Gasteiger partial charge in [0.1, 0.15) is 24.2 Å². The van der Waals surface area contributed by atoms with Crippen LogP contribution in [0.15, 0.2) is 17.8 Å². The zero-order valence-electron chi connectivity index (χ0n) is 18.6. The van der Waals surface area contributed by atoms with Gasteiger partial charge in [-0.15, -0.1) is 0 Å². The van der Waals surface area contributed by atoms with Gasteiger partial charge in [0.2, 0.25) is 0 Å². The Balaban J connectivity index is 2.21. The Morgan fingerprint density at radius 3 is 2.55 bits per heavy atom. The van der Waals surface area contributed by atoms with Gasteiger partial charge in [-0.3, -0.25) is 9.36 Å². The number of fused-ring (bicyclic) bond motifs is 1. The summed E-state index contributed by atoms with van der Waals surface area (Å²) in [4.78, 5) is 23.9. The number of carboxylic acid groups (broad SMARTS) is 1. The summed E-state index contributed by atoms with van der Waals surface area (Å²) in [7, 11) is -3.78. The molecule has 3 atom stereocenters. The van der Waals surface area contributed by atoms with Crippen LogP contribution in [0.4, 0.5) is 5.82 Å². The largest absolute Gasteiger partial charge is 0.480 e. The van der Waals surface area contributed by atoms with Gasteiger partial charge in [0.05, 0.1) is 24.7 Å². The van der Waals surface area contributed by atoms with Gasteiger partial charge in [0.25, 0.3) is 0 Å². The summed E-state index contributed by atoms with van der Waals surface area (Å²) in [5, 5.41) is 13.3. The molecule has 0 spiro atoms. The van der Waals surface area contributed by atoms with Crippen molar-refractivity contribution in [2.24, 2.45) is 5.16 Å². The predicted molar refractivity (Wildman–Crippen MR) is 117 cm³/mol. The summed E-state index contributed by atoms with van der Waals surface area (Å²) in [5.74, 6) is -0.844. The highest BCUT2D eigenvalue weighted by Gasteiger charge is 2.42. The molecular weight excluding hydrogens is 425 g/mol. The summed E-state index contributed by atoms with van der Waals surface area (Å²) >= 11 is 0. The molecule has 0 aromatic carbocycles. The number of oxime groups is 1. The van der Waals surface area contributed by atoms with Crippen LogP contribution >= 0.6 is 7.52 Å². The van der Waals surface area contributed by atoms with Crippen LogP contribution in [0.1, 0.15) is 41.5 Å². The Morgan fingerprint density at radius 2 is 1.97 bits per heavy atom. The molecule has 1 unspecified atom stereocenters. The predicted octanol–water partition coefficient (Wildman–Crippen LogP) is 2.56. The number of rotatable bonds is 11. The van der Waals surface area contributed by atoms with E-state index < -0.39 is 25.6 Å². The lowest BCUT2D eigenvalue weighted by Crippen LogP contribution is -2.42. The Kier molecular flexibility index (Phi) is 8.10. The molecular formula is C18H30N7O5P. The quantitative estimate of drug-likeness (QED) is 0.293. The highest BCUT2D eigenvalue weighted by Crippen LogP contribution is 2.54. The first-order valence-corrected chi connectivity index (χ1v) is 11.6. The normalized spacial score (nSPS) is 15.6. The third-order valence-electron chi connectivity index (χ3n) is 4.39. The molecule has 2 rings (SSSR count). The summed E-state index contributed by atoms with van der Waals surface area (Å²) in [5.41, 5.74) is 7.39. The average Bonchev–Trinajstić information content (AvgIpc) is 3.09. The molecule has 0 saturated carbocycles. The van der Waals surface area contributed by atoms with Crippen LogP contribution in [-0.4, -0.2) is 65.5 Å². The van der Waals surface area contributed by atoms with Crippen LogP contribution in [0.5, 0.6) is 0 Å². The van der Waals surface area contributed by atoms with E-state index in [1.807, 2.05) is 0 Å². The Hall–Kier alpha value is -2.56. The number of hydrogen-bond acceptors (Lipinski definition) is 9. The lowest BCUT2D eigenvalue weighted by Gasteiger charge is -2.35. The van der Waals surface area contributed by atoms with Crippen molar-refractivity contribution in [3.63, 3.8) is 0 Å². The monoisotopic (exact) mass is 455 g/mol. The Bertz CT molecular complexity index is 989. The van der Waals surface area contributed by atoms with Crippen LogP contribution in [0.25, 0.3) is 11.2 Å². The van der Waals surface area contributed by atoms with Gasteiger partial charge in [-0.1, -0.05) is 5.16 Å². The first kappa shape index (κ1) is 24.7. The fourth-order valence-corrected chi connectivity index (χ4v) is 5.37. The number of imidazole rings is 1. The molecule has 0 aliphatic rings. The molecule has 0 amide bonds. The van der Waals surface area contributed by atoms with Gasteiger partial charge < -0.3 is 24.8 Å². The molecule has 0 radical (unpaired) electrons. The number of carboxylic acids is 1. The van der Waals surface area contributed by atoms with E-state index in [0.29, 0.717) is 23.4 Å². The minimum atomic E-state index is -3.78. The lowest BCUT2D eigenvalue weighted by atomic mass is 10.3. The van der Waals surface area contributed by atoms with Crippen LogP contribution in [0.2, 0.25) is 0 Å². The van der Waals surface area contributed by atoms with Crippen molar-refractivity contribution in [2.45, 2.75) is 66.3 Å². The van der Waals surface area contributed by atoms with Gasteiger partial charge in [0, 0.05) is 6.04 Å². The van der Waals surface area contributed by atoms with Gasteiger partial charge in [-0.05, 0) is 41.5 Å². The van der Waals surface area contributed by atoms with Gasteiger partial charge in [0.15, 0.2) is 11.5 Å². The van der Waals surface area contributed by atoms with E-state index in [-0.39, 0.29) is 18.2 Å². The van der Waals surface area contributed by atoms with E-state index in [4.69, 9.17) is 15.1 Å². The number of nitrogen functional groups attached to an aromatic ring is 1. The van der Waals surface area contributed by atoms with E-state index in [0.717, 1.165) is 0 Å². The number of nitrogens with two attached hydrogens (primary N) is 1. The van der Waals surface area contributed by atoms with E-state index in [1.165, 1.54) is 17.9 Å². The molecule has 0 aliphatic carbocycles. The summed E-state index contributed by atoms with van der Waals surface area (Å²) in [6.45, 7) is 10.4. The first-order valence-electron chi connectivity index (χ1n) is 9.79. The zero-order chi connectivity index (χ0) is 23.3. The molecule has 2 heterocycles. The van der Waals surface area contributed by atoms with Crippen LogP contribution in [0.3, 0.4) is 0 Å². The maximum Gasteiger partial charge on any atom is 0.367 e. The summed E-state index contributed by atoms with van der Waals surface area (Å²) < 4.78 is 28.0.